The van der Waals surface area contributed by atoms with Crippen molar-refractivity contribution in [2.24, 2.45) is 34.4 Å². The maximum absolute atomic E-state index is 15.0. The summed E-state index contributed by atoms with van der Waals surface area (Å²) in [7, 11) is 0. The Balaban J connectivity index is 1.35. The highest BCUT2D eigenvalue weighted by Crippen LogP contribution is 2.21. The molecule has 0 fully saturated rings. The predicted molar refractivity (Wildman–Crippen MR) is 454 cm³/mol. The third-order valence-electron chi connectivity index (χ3n) is 18.9. The second-order valence-corrected chi connectivity index (χ2v) is 29.4. The SMILES string of the molecule is CC(=O)N[C@@H](CS)C(=O)N[C@@H](CCC(N)=O)C(=O)N[C@H](C(=O)N[C@@H](Cc1c[nH]c2ccccc12)C(=O)N[C@@H](CCC(N)=O)C(=O)N[C@@H](CS)C(=O)N[C@@H](Cc1ccccc1)C(=O)N[C@@H](Cc1ccccc1)C(=O)N[C@@H](CCCN)C(=O)N[C@@H](CN)C(=O)N[C@@H](Cc1ccccc1)C(=O)NCC(=O)NCCOCC(=O)N[C@H](CCCCN)C(N)=O)[C@@H](C)O. The fourth-order valence-electron chi connectivity index (χ4n) is 12.4. The topological polar surface area (TPSA) is 660 Å². The van der Waals surface area contributed by atoms with Crippen molar-refractivity contribution in [3.05, 3.63) is 144 Å². The van der Waals surface area contributed by atoms with E-state index in [1.54, 1.807) is 121 Å². The van der Waals surface area contributed by atoms with Crippen molar-refractivity contribution in [2.45, 2.75) is 176 Å². The van der Waals surface area contributed by atoms with Crippen LogP contribution < -0.4 is 109 Å². The van der Waals surface area contributed by atoms with Gasteiger partial charge in [0, 0.05) is 87.1 Å². The van der Waals surface area contributed by atoms with E-state index >= 15 is 4.79 Å². The number of aliphatic hydroxyl groups is 1. The summed E-state index contributed by atoms with van der Waals surface area (Å²) in [4.78, 5) is 235. The molecule has 1 heterocycles. The van der Waals surface area contributed by atoms with Gasteiger partial charge in [0.25, 0.3) is 0 Å². The smallest absolute Gasteiger partial charge is 0.246 e. The number of nitrogens with one attached hydrogen (secondary N) is 15. The first-order valence-corrected chi connectivity index (χ1v) is 40.8. The molecule has 17 amide bonds. The highest BCUT2D eigenvalue weighted by atomic mass is 32.1. The molecule has 5 rings (SSSR count). The van der Waals surface area contributed by atoms with Crippen LogP contribution in [0.5, 0.6) is 0 Å². The summed E-state index contributed by atoms with van der Waals surface area (Å²) >= 11 is 8.47. The van der Waals surface area contributed by atoms with E-state index in [2.05, 4.69) is 105 Å². The number of primary amides is 3. The van der Waals surface area contributed by atoms with E-state index in [-0.39, 0.29) is 70.4 Å². The number of hydrogen-bond acceptors (Lipinski definition) is 24. The number of amides is 17. The third kappa shape index (κ3) is 35.7. The number of aromatic amines is 1. The van der Waals surface area contributed by atoms with Crippen LogP contribution in [-0.2, 0) is 112 Å². The first-order valence-electron chi connectivity index (χ1n) is 39.5. The molecule has 40 nitrogen and oxygen atoms in total. The lowest BCUT2D eigenvalue weighted by atomic mass is 10.0. The number of unbranched alkanes of at least 4 members (excludes halogenated alkanes) is 1. The fraction of sp³-hybridized carbons (Fsp3) is 0.463. The lowest BCUT2D eigenvalue weighted by Gasteiger charge is -2.29. The second kappa shape index (κ2) is 53.5. The number of fused-ring (bicyclic) bond motifs is 1. The maximum atomic E-state index is 15.0. The van der Waals surface area contributed by atoms with Gasteiger partial charge in [-0.3, -0.25) is 81.5 Å². The first kappa shape index (κ1) is 100. The highest BCUT2D eigenvalue weighted by Gasteiger charge is 2.38. The molecule has 0 radical (unpaired) electrons. The van der Waals surface area contributed by atoms with Crippen LogP contribution in [0.1, 0.15) is 93.9 Å². The van der Waals surface area contributed by atoms with E-state index in [9.17, 15) is 81.8 Å². The van der Waals surface area contributed by atoms with Crippen LogP contribution >= 0.6 is 25.3 Å². The Morgan fingerprint density at radius 2 is 0.803 bits per heavy atom. The number of aliphatic hydroxyl groups excluding tert-OH is 1. The fourth-order valence-corrected chi connectivity index (χ4v) is 12.9. The Hall–Kier alpha value is -12.1. The zero-order chi connectivity index (χ0) is 89.8. The summed E-state index contributed by atoms with van der Waals surface area (Å²) in [5.74, 6) is -16.1. The summed E-state index contributed by atoms with van der Waals surface area (Å²) in [6, 6.07) is 13.7. The second-order valence-electron chi connectivity index (χ2n) is 28.6. The molecule has 0 unspecified atom stereocenters. The molecule has 0 aliphatic carbocycles. The third-order valence-corrected chi connectivity index (χ3v) is 19.6. The van der Waals surface area contributed by atoms with E-state index < -0.39 is 230 Å². The minimum absolute atomic E-state index is 0.0149. The Morgan fingerprint density at radius 3 is 1.26 bits per heavy atom. The lowest BCUT2D eigenvalue weighted by Crippen LogP contribution is -2.62. The molecule has 0 aliphatic rings. The van der Waals surface area contributed by atoms with Crippen molar-refractivity contribution in [3.8, 4) is 0 Å². The highest BCUT2D eigenvalue weighted by molar-refractivity contribution is 7.80. The average Bonchev–Trinajstić information content (AvgIpc) is 1.65. The van der Waals surface area contributed by atoms with Crippen molar-refractivity contribution in [1.29, 1.82) is 0 Å². The van der Waals surface area contributed by atoms with Gasteiger partial charge in [0.05, 0.1) is 19.3 Å². The standard InChI is InChI=1S/C80H113N21O19S2/c1-45(102)68(101-73(112)56(28-30-65(85)105)94-78(117)62(43-121)90-46(2)103)80(119)98-60(38-50-40-88-52-24-13-12-23-51(50)52)76(115)93-55(27-29-64(84)104)72(111)100-63(44-122)79(118)97-59(37-49-21-10-5-11-22-49)75(114)96-58(36-48-19-8-4-9-20-48)74(113)92-54(26-16-32-82)71(110)99-61(39-83)77(116)95-57(35-47-17-6-3-7-18-47)70(109)89-41-66(106)87-33-34-120-42-67(107)91-53(69(86)108)25-14-15-31-81/h3-13,17-24,40,45,53-63,68,88,102,121-122H,14-16,25-39,41-44,81-83H2,1-2H3,(H2,84,104)(H2,85,105)(H2,86,108)(H,87,106)(H,89,109)(H,90,103)(H,91,107)(H,92,113)(H,93,115)(H,94,117)(H,95,116)(H,96,114)(H,97,118)(H,98,119)(H,99,110)(H,100,111)(H,101,112)/t45-,53-,54+,55+,56+,57+,58+,59+,60+,61+,62+,63+,68+/m1/s1. The van der Waals surface area contributed by atoms with Crippen LogP contribution in [0.4, 0.5) is 0 Å². The molecule has 5 aromatic rings. The number of rotatable bonds is 56. The maximum Gasteiger partial charge on any atom is 0.246 e. The van der Waals surface area contributed by atoms with E-state index in [0.717, 1.165) is 13.8 Å². The van der Waals surface area contributed by atoms with Gasteiger partial charge in [-0.05, 0) is 93.3 Å². The normalized spacial score (nSPS) is 14.2. The Morgan fingerprint density at radius 1 is 0.410 bits per heavy atom. The Labute approximate surface area is 715 Å². The molecule has 42 heteroatoms. The van der Waals surface area contributed by atoms with Crippen LogP contribution in [-0.4, -0.2) is 247 Å². The van der Waals surface area contributed by atoms with Gasteiger partial charge in [-0.2, -0.15) is 25.3 Å². The molecule has 28 N–H and O–H groups in total. The molecular weight excluding hydrogens is 1620 g/mol. The van der Waals surface area contributed by atoms with Crippen LogP contribution in [0.3, 0.4) is 0 Å². The molecule has 0 aliphatic heterocycles. The Kier molecular flexibility index (Phi) is 44.1. The molecule has 122 heavy (non-hydrogen) atoms. The van der Waals surface area contributed by atoms with Crippen LogP contribution in [0.25, 0.3) is 10.9 Å². The number of hydrogen-bond donors (Lipinski definition) is 24. The van der Waals surface area contributed by atoms with Gasteiger partial charge in [-0.15, -0.1) is 0 Å². The van der Waals surface area contributed by atoms with Gasteiger partial charge in [0.2, 0.25) is 100 Å². The van der Waals surface area contributed by atoms with Gasteiger partial charge in [0.15, 0.2) is 0 Å². The number of nitrogens with two attached hydrogens (primary N) is 6. The first-order chi connectivity index (χ1) is 58.3. The summed E-state index contributed by atoms with van der Waals surface area (Å²) < 4.78 is 5.33. The van der Waals surface area contributed by atoms with Crippen molar-refractivity contribution < 1.29 is 91.4 Å². The number of para-hydroxylation sites is 1. The number of H-pyrrole nitrogens is 1. The van der Waals surface area contributed by atoms with Crippen molar-refractivity contribution in [1.82, 2.24) is 79.4 Å². The van der Waals surface area contributed by atoms with Crippen molar-refractivity contribution >= 4 is 137 Å². The summed E-state index contributed by atoms with van der Waals surface area (Å²) in [5.41, 5.74) is 36.6. The van der Waals surface area contributed by atoms with Gasteiger partial charge >= 0.3 is 0 Å². The molecule has 0 saturated heterocycles. The van der Waals surface area contributed by atoms with Crippen LogP contribution in [0.2, 0.25) is 0 Å². The molecule has 13 atom stereocenters. The zero-order valence-electron chi connectivity index (χ0n) is 67.8. The van der Waals surface area contributed by atoms with Gasteiger partial charge in [-0.1, -0.05) is 109 Å². The van der Waals surface area contributed by atoms with Crippen LogP contribution in [0.15, 0.2) is 121 Å². The molecule has 1 aromatic heterocycles. The average molecular weight is 1740 g/mol. The van der Waals surface area contributed by atoms with E-state index in [1.807, 2.05) is 0 Å². The number of thiol groups is 2. The molecule has 4 aromatic carbocycles. The van der Waals surface area contributed by atoms with Gasteiger partial charge in [-0.25, -0.2) is 0 Å². The van der Waals surface area contributed by atoms with Crippen molar-refractivity contribution in [3.63, 3.8) is 0 Å². The number of carbonyl (C=O) groups excluding carboxylic acids is 17. The number of ether oxygens (including phenoxy) is 1. The number of aromatic nitrogens is 1. The molecular formula is C80H113N21O19S2. The molecule has 0 bridgehead atoms. The number of carbonyl (C=O) groups is 17. The summed E-state index contributed by atoms with van der Waals surface area (Å²) in [5, 5.41) is 47.0. The predicted octanol–water partition coefficient (Wildman–Crippen LogP) is -6.39. The van der Waals surface area contributed by atoms with Gasteiger partial charge in [0.1, 0.15) is 79.1 Å². The van der Waals surface area contributed by atoms with E-state index in [4.69, 9.17) is 39.1 Å². The minimum atomic E-state index is -1.90. The van der Waals surface area contributed by atoms with Crippen LogP contribution in [0, 0.1) is 0 Å². The summed E-state index contributed by atoms with van der Waals surface area (Å²) in [6.45, 7) is 0.882. The van der Waals surface area contributed by atoms with Crippen molar-refractivity contribution in [2.75, 3.05) is 57.4 Å². The quantitative estimate of drug-likeness (QED) is 0.0127. The monoisotopic (exact) mass is 1740 g/mol. The Bertz CT molecular complexity index is 4340. The minimum Gasteiger partial charge on any atom is -0.391 e. The lowest BCUT2D eigenvalue weighted by molar-refractivity contribution is -0.137. The molecule has 664 valence electrons. The largest absolute Gasteiger partial charge is 0.391 e. The van der Waals surface area contributed by atoms with E-state index in [0.29, 0.717) is 52.5 Å². The zero-order valence-corrected chi connectivity index (χ0v) is 69.6. The molecule has 0 spiro atoms. The molecule has 0 saturated carbocycles. The van der Waals surface area contributed by atoms with E-state index in [1.165, 1.54) is 0 Å². The van der Waals surface area contributed by atoms with Gasteiger partial charge < -0.3 is 124 Å². The summed E-state index contributed by atoms with van der Waals surface area (Å²) in [6.07, 6.45) is -1.58. The number of benzene rings is 4.